The molecule has 0 radical (unpaired) electrons. The Labute approximate surface area is 187 Å². The van der Waals surface area contributed by atoms with Gasteiger partial charge in [-0.25, -0.2) is 4.98 Å². The monoisotopic (exact) mass is 420 g/mol. The van der Waals surface area contributed by atoms with Gasteiger partial charge in [0.25, 0.3) is 0 Å². The van der Waals surface area contributed by atoms with Crippen molar-refractivity contribution in [1.82, 2.24) is 9.97 Å². The van der Waals surface area contributed by atoms with Crippen molar-refractivity contribution in [2.24, 2.45) is 0 Å². The molecule has 158 valence electrons. The minimum absolute atomic E-state index is 0.557. The minimum atomic E-state index is -0.967. The Morgan fingerprint density at radius 3 is 2.19 bits per heavy atom. The van der Waals surface area contributed by atoms with Crippen LogP contribution in [0.2, 0.25) is 0 Å². The van der Waals surface area contributed by atoms with Gasteiger partial charge in [-0.1, -0.05) is 66.8 Å². The smallest absolute Gasteiger partial charge is 0.137 e. The second-order valence-electron chi connectivity index (χ2n) is 8.10. The zero-order valence-corrected chi connectivity index (χ0v) is 17.8. The number of hydrogen-bond acceptors (Lipinski definition) is 3. The van der Waals surface area contributed by atoms with Crippen molar-refractivity contribution in [2.45, 2.75) is 18.9 Å². The highest BCUT2D eigenvalue weighted by molar-refractivity contribution is 5.82. The first-order valence-corrected chi connectivity index (χ1v) is 10.7. The lowest BCUT2D eigenvalue weighted by atomic mass is 9.88. The van der Waals surface area contributed by atoms with E-state index in [1.54, 1.807) is 0 Å². The molecule has 1 atom stereocenters. The molecular formula is C28H24N2O2. The van der Waals surface area contributed by atoms with Crippen LogP contribution in [0.3, 0.4) is 0 Å². The SMILES string of the molecule is CC1(O)CC=CC=C1c1nc(-c2ccccc2)c(-c2ccc(Oc3ccccc3)cc2)[nH]1. The summed E-state index contributed by atoms with van der Waals surface area (Å²) in [5.74, 6) is 2.25. The highest BCUT2D eigenvalue weighted by Crippen LogP contribution is 2.37. The van der Waals surface area contributed by atoms with E-state index in [-0.39, 0.29) is 0 Å². The van der Waals surface area contributed by atoms with E-state index >= 15 is 0 Å². The zero-order chi connectivity index (χ0) is 22.0. The molecule has 1 unspecified atom stereocenters. The number of ether oxygens (including phenoxy) is 1. The molecule has 0 spiro atoms. The summed E-state index contributed by atoms with van der Waals surface area (Å²) in [5.41, 5.74) is 3.58. The Morgan fingerprint density at radius 2 is 1.50 bits per heavy atom. The van der Waals surface area contributed by atoms with E-state index in [0.717, 1.165) is 39.6 Å². The van der Waals surface area contributed by atoms with E-state index in [2.05, 4.69) is 4.98 Å². The van der Waals surface area contributed by atoms with Gasteiger partial charge < -0.3 is 14.8 Å². The average molecular weight is 421 g/mol. The topological polar surface area (TPSA) is 58.1 Å². The second kappa shape index (κ2) is 8.33. The predicted molar refractivity (Wildman–Crippen MR) is 128 cm³/mol. The molecule has 2 N–H and O–H groups in total. The molecular weight excluding hydrogens is 396 g/mol. The number of aromatic amines is 1. The number of benzene rings is 3. The summed E-state index contributed by atoms with van der Waals surface area (Å²) in [6.45, 7) is 1.82. The number of rotatable bonds is 5. The molecule has 0 saturated carbocycles. The van der Waals surface area contributed by atoms with Crippen LogP contribution >= 0.6 is 0 Å². The van der Waals surface area contributed by atoms with Crippen LogP contribution in [0.15, 0.2) is 103 Å². The number of aliphatic hydroxyl groups is 1. The fourth-order valence-electron chi connectivity index (χ4n) is 3.91. The van der Waals surface area contributed by atoms with Gasteiger partial charge in [0.2, 0.25) is 0 Å². The van der Waals surface area contributed by atoms with Crippen LogP contribution in [-0.4, -0.2) is 20.7 Å². The number of H-pyrrole nitrogens is 1. The summed E-state index contributed by atoms with van der Waals surface area (Å²) >= 11 is 0. The number of allylic oxidation sites excluding steroid dienone is 2. The number of nitrogens with zero attached hydrogens (tertiary/aromatic N) is 1. The molecule has 4 aromatic rings. The lowest BCUT2D eigenvalue weighted by molar-refractivity contribution is 0.124. The molecule has 0 fully saturated rings. The molecule has 4 heteroatoms. The molecule has 1 aromatic heterocycles. The summed E-state index contributed by atoms with van der Waals surface area (Å²) in [4.78, 5) is 8.39. The number of para-hydroxylation sites is 1. The van der Waals surface area contributed by atoms with Gasteiger partial charge in [-0.2, -0.15) is 0 Å². The summed E-state index contributed by atoms with van der Waals surface area (Å²) in [6.07, 6.45) is 6.42. The number of hydrogen-bond donors (Lipinski definition) is 2. The number of imidazole rings is 1. The summed E-state index contributed by atoms with van der Waals surface area (Å²) in [5, 5.41) is 10.9. The van der Waals surface area contributed by atoms with Crippen LogP contribution in [-0.2, 0) is 0 Å². The van der Waals surface area contributed by atoms with E-state index in [1.807, 2.05) is 110 Å². The molecule has 0 saturated heterocycles. The summed E-state index contributed by atoms with van der Waals surface area (Å²) in [7, 11) is 0. The maximum Gasteiger partial charge on any atom is 0.137 e. The van der Waals surface area contributed by atoms with Gasteiger partial charge in [0.1, 0.15) is 17.3 Å². The van der Waals surface area contributed by atoms with Crippen LogP contribution in [0.5, 0.6) is 11.5 Å². The van der Waals surface area contributed by atoms with E-state index < -0.39 is 5.60 Å². The fraction of sp³-hybridized carbons (Fsp3) is 0.107. The van der Waals surface area contributed by atoms with Gasteiger partial charge in [0.05, 0.1) is 17.0 Å². The lowest BCUT2D eigenvalue weighted by Crippen LogP contribution is -2.27. The first-order chi connectivity index (χ1) is 15.6. The molecule has 5 rings (SSSR count). The second-order valence-corrected chi connectivity index (χ2v) is 8.10. The average Bonchev–Trinajstić information content (AvgIpc) is 3.25. The molecule has 0 aliphatic heterocycles. The first kappa shape index (κ1) is 20.0. The van der Waals surface area contributed by atoms with Crippen molar-refractivity contribution in [2.75, 3.05) is 0 Å². The van der Waals surface area contributed by atoms with E-state index in [4.69, 9.17) is 9.72 Å². The molecule has 32 heavy (non-hydrogen) atoms. The van der Waals surface area contributed by atoms with Gasteiger partial charge in [-0.05, 0) is 49.7 Å². The van der Waals surface area contributed by atoms with Gasteiger partial charge in [-0.3, -0.25) is 0 Å². The Hall–Kier alpha value is -3.89. The Balaban J connectivity index is 1.55. The summed E-state index contributed by atoms with van der Waals surface area (Å²) in [6, 6.07) is 27.8. The van der Waals surface area contributed by atoms with Crippen LogP contribution in [0, 0.1) is 0 Å². The lowest BCUT2D eigenvalue weighted by Gasteiger charge is -2.26. The standard InChI is InChI=1S/C28H24N2O2/c1-28(31)19-9-8-14-24(28)27-29-25(20-10-4-2-5-11-20)26(30-27)21-15-17-23(18-16-21)32-22-12-6-3-7-13-22/h2-18,31H,19H2,1H3,(H,29,30). The molecule has 4 nitrogen and oxygen atoms in total. The van der Waals surface area contributed by atoms with Gasteiger partial charge in [-0.15, -0.1) is 0 Å². The van der Waals surface area contributed by atoms with Gasteiger partial charge >= 0.3 is 0 Å². The normalized spacial score (nSPS) is 17.8. The van der Waals surface area contributed by atoms with Gasteiger partial charge in [0, 0.05) is 16.7 Å². The summed E-state index contributed by atoms with van der Waals surface area (Å²) < 4.78 is 5.94. The third-order valence-electron chi connectivity index (χ3n) is 5.62. The molecule has 1 aliphatic carbocycles. The Kier molecular flexibility index (Phi) is 5.21. The van der Waals surface area contributed by atoms with E-state index in [0.29, 0.717) is 12.2 Å². The Morgan fingerprint density at radius 1 is 0.844 bits per heavy atom. The molecule has 0 amide bonds. The van der Waals surface area contributed by atoms with Crippen LogP contribution in [0.4, 0.5) is 0 Å². The maximum atomic E-state index is 10.9. The third kappa shape index (κ3) is 4.01. The van der Waals surface area contributed by atoms with Crippen molar-refractivity contribution in [1.29, 1.82) is 0 Å². The van der Waals surface area contributed by atoms with Crippen molar-refractivity contribution >= 4 is 5.57 Å². The molecule has 0 bridgehead atoms. The quantitative estimate of drug-likeness (QED) is 0.381. The van der Waals surface area contributed by atoms with Crippen molar-refractivity contribution in [3.63, 3.8) is 0 Å². The van der Waals surface area contributed by atoms with Crippen molar-refractivity contribution < 1.29 is 9.84 Å². The number of aromatic nitrogens is 2. The maximum absolute atomic E-state index is 10.9. The molecule has 1 aliphatic rings. The fourth-order valence-corrected chi connectivity index (χ4v) is 3.91. The van der Waals surface area contributed by atoms with E-state index in [1.165, 1.54) is 0 Å². The molecule has 1 heterocycles. The van der Waals surface area contributed by atoms with E-state index in [9.17, 15) is 5.11 Å². The zero-order valence-electron chi connectivity index (χ0n) is 17.8. The first-order valence-electron chi connectivity index (χ1n) is 10.7. The van der Waals surface area contributed by atoms with Crippen molar-refractivity contribution in [3.8, 4) is 34.0 Å². The van der Waals surface area contributed by atoms with Crippen LogP contribution in [0.25, 0.3) is 28.1 Å². The highest BCUT2D eigenvalue weighted by Gasteiger charge is 2.30. The van der Waals surface area contributed by atoms with Gasteiger partial charge in [0.15, 0.2) is 0 Å². The van der Waals surface area contributed by atoms with Crippen molar-refractivity contribution in [3.05, 3.63) is 109 Å². The largest absolute Gasteiger partial charge is 0.457 e. The Bertz CT molecular complexity index is 1270. The number of nitrogens with one attached hydrogen (secondary N) is 1. The third-order valence-corrected chi connectivity index (χ3v) is 5.62. The molecule has 3 aromatic carbocycles. The predicted octanol–water partition coefficient (Wildman–Crippen LogP) is 6.63. The highest BCUT2D eigenvalue weighted by atomic mass is 16.5. The van der Waals surface area contributed by atoms with Crippen LogP contribution < -0.4 is 4.74 Å². The van der Waals surface area contributed by atoms with Crippen LogP contribution in [0.1, 0.15) is 19.2 Å². The minimum Gasteiger partial charge on any atom is -0.457 e.